The van der Waals surface area contributed by atoms with Crippen molar-refractivity contribution in [1.29, 1.82) is 0 Å². The van der Waals surface area contributed by atoms with Crippen molar-refractivity contribution in [3.63, 3.8) is 0 Å². The quantitative estimate of drug-likeness (QED) is 0.380. The highest BCUT2D eigenvalue weighted by molar-refractivity contribution is 5.98. The maximum Gasteiger partial charge on any atom is 0.170 e. The van der Waals surface area contributed by atoms with E-state index in [0.717, 1.165) is 17.7 Å². The molecular weight excluding hydrogens is 238 g/mol. The van der Waals surface area contributed by atoms with Gasteiger partial charge in [-0.05, 0) is 56.4 Å². The molecule has 0 aliphatic carbocycles. The second kappa shape index (κ2) is 5.95. The zero-order valence-corrected chi connectivity index (χ0v) is 11.8. The summed E-state index contributed by atoms with van der Waals surface area (Å²) in [5.74, 6) is 0.176. The maximum atomic E-state index is 8.76. The lowest BCUT2D eigenvalue weighted by Crippen LogP contribution is -2.39. The van der Waals surface area contributed by atoms with Gasteiger partial charge in [-0.25, -0.2) is 0 Å². The summed E-state index contributed by atoms with van der Waals surface area (Å²) in [5, 5.41) is 11.8. The molecule has 104 valence electrons. The lowest BCUT2D eigenvalue weighted by atomic mass is 9.98. The summed E-state index contributed by atoms with van der Waals surface area (Å²) in [6, 6.07) is 6.80. The second-order valence-electron chi connectivity index (χ2n) is 5.24. The lowest BCUT2D eigenvalue weighted by molar-refractivity contribution is 0.318. The van der Waals surface area contributed by atoms with Crippen LogP contribution in [0, 0.1) is 6.92 Å². The first-order valence-corrected chi connectivity index (χ1v) is 7.02. The normalized spacial score (nSPS) is 20.6. The fourth-order valence-corrected chi connectivity index (χ4v) is 2.93. The Balaban J connectivity index is 2.28. The van der Waals surface area contributed by atoms with Gasteiger partial charge in [-0.1, -0.05) is 12.1 Å². The summed E-state index contributed by atoms with van der Waals surface area (Å²) in [6.07, 6.45) is 5.05. The standard InChI is InChI=1S/C15H23N3O/c1-3-12-6-4-5-9-18(12)13-7-8-14(11(2)10-13)15(16)17-19/h7-8,10,12,19H,3-6,9H2,1-2H3,(H2,16,17). The summed E-state index contributed by atoms with van der Waals surface area (Å²) >= 11 is 0. The molecule has 1 unspecified atom stereocenters. The fraction of sp³-hybridized carbons (Fsp3) is 0.533. The first-order chi connectivity index (χ1) is 9.17. The van der Waals surface area contributed by atoms with Gasteiger partial charge in [0.05, 0.1) is 0 Å². The number of nitrogens with two attached hydrogens (primary N) is 1. The highest BCUT2D eigenvalue weighted by atomic mass is 16.4. The van der Waals surface area contributed by atoms with Crippen LogP contribution in [0.15, 0.2) is 23.4 Å². The van der Waals surface area contributed by atoms with Crippen LogP contribution in [0.3, 0.4) is 0 Å². The average molecular weight is 261 g/mol. The van der Waals surface area contributed by atoms with Crippen LogP contribution >= 0.6 is 0 Å². The number of anilines is 1. The van der Waals surface area contributed by atoms with Crippen LogP contribution in [0.25, 0.3) is 0 Å². The molecule has 0 bridgehead atoms. The Morgan fingerprint density at radius 2 is 2.26 bits per heavy atom. The van der Waals surface area contributed by atoms with E-state index in [1.807, 2.05) is 13.0 Å². The Morgan fingerprint density at radius 1 is 1.47 bits per heavy atom. The van der Waals surface area contributed by atoms with Gasteiger partial charge < -0.3 is 15.8 Å². The van der Waals surface area contributed by atoms with Crippen LogP contribution in [-0.2, 0) is 0 Å². The first-order valence-electron chi connectivity index (χ1n) is 7.02. The molecule has 0 amide bonds. The number of oxime groups is 1. The van der Waals surface area contributed by atoms with Gasteiger partial charge in [-0.2, -0.15) is 0 Å². The number of nitrogens with zero attached hydrogens (tertiary/aromatic N) is 2. The summed E-state index contributed by atoms with van der Waals surface area (Å²) in [5.41, 5.74) is 8.76. The van der Waals surface area contributed by atoms with Gasteiger partial charge >= 0.3 is 0 Å². The molecule has 1 saturated heterocycles. The van der Waals surface area contributed by atoms with E-state index in [0.29, 0.717) is 6.04 Å². The summed E-state index contributed by atoms with van der Waals surface area (Å²) in [6.45, 7) is 5.38. The molecule has 0 radical (unpaired) electrons. The van der Waals surface area contributed by atoms with Gasteiger partial charge in [0.25, 0.3) is 0 Å². The topological polar surface area (TPSA) is 61.8 Å². The third-order valence-corrected chi connectivity index (χ3v) is 4.02. The molecule has 1 aromatic rings. The number of rotatable bonds is 3. The molecule has 0 spiro atoms. The number of amidine groups is 1. The van der Waals surface area contributed by atoms with Gasteiger partial charge in [-0.15, -0.1) is 0 Å². The Morgan fingerprint density at radius 3 is 2.89 bits per heavy atom. The van der Waals surface area contributed by atoms with Crippen molar-refractivity contribution in [3.05, 3.63) is 29.3 Å². The Kier molecular flexibility index (Phi) is 4.30. The molecule has 1 fully saturated rings. The summed E-state index contributed by atoms with van der Waals surface area (Å²) < 4.78 is 0. The summed E-state index contributed by atoms with van der Waals surface area (Å²) in [7, 11) is 0. The van der Waals surface area contributed by atoms with Gasteiger partial charge in [0.1, 0.15) is 0 Å². The molecule has 1 aromatic carbocycles. The van der Waals surface area contributed by atoms with Crippen LogP contribution in [-0.4, -0.2) is 23.6 Å². The van der Waals surface area contributed by atoms with Gasteiger partial charge in [0, 0.05) is 23.8 Å². The zero-order chi connectivity index (χ0) is 13.8. The highest BCUT2D eigenvalue weighted by Gasteiger charge is 2.21. The Labute approximate surface area is 114 Å². The molecule has 0 saturated carbocycles. The maximum absolute atomic E-state index is 8.76. The third kappa shape index (κ3) is 2.83. The van der Waals surface area contributed by atoms with Crippen LogP contribution < -0.4 is 10.6 Å². The lowest BCUT2D eigenvalue weighted by Gasteiger charge is -2.37. The first kappa shape index (κ1) is 13.7. The molecular formula is C15H23N3O. The number of hydrogen-bond acceptors (Lipinski definition) is 3. The number of benzene rings is 1. The van der Waals surface area contributed by atoms with E-state index in [9.17, 15) is 0 Å². The molecule has 19 heavy (non-hydrogen) atoms. The molecule has 1 aliphatic rings. The van der Waals surface area contributed by atoms with E-state index < -0.39 is 0 Å². The molecule has 4 nitrogen and oxygen atoms in total. The predicted molar refractivity (Wildman–Crippen MR) is 79.0 cm³/mol. The zero-order valence-electron chi connectivity index (χ0n) is 11.8. The van der Waals surface area contributed by atoms with Gasteiger partial charge in [0.2, 0.25) is 0 Å². The molecule has 2 rings (SSSR count). The fourth-order valence-electron chi connectivity index (χ4n) is 2.93. The number of aryl methyl sites for hydroxylation is 1. The van der Waals surface area contributed by atoms with Crippen molar-refractivity contribution in [3.8, 4) is 0 Å². The van der Waals surface area contributed by atoms with E-state index in [1.165, 1.54) is 31.4 Å². The average Bonchev–Trinajstić information content (AvgIpc) is 2.46. The van der Waals surface area contributed by atoms with E-state index in [4.69, 9.17) is 10.9 Å². The smallest absolute Gasteiger partial charge is 0.170 e. The van der Waals surface area contributed by atoms with Crippen molar-refractivity contribution in [1.82, 2.24) is 0 Å². The number of hydrogen-bond donors (Lipinski definition) is 2. The molecule has 4 heteroatoms. The van der Waals surface area contributed by atoms with Crippen molar-refractivity contribution in [2.45, 2.75) is 45.6 Å². The SMILES string of the molecule is CCC1CCCCN1c1ccc(/C(N)=N/O)c(C)c1. The van der Waals surface area contributed by atoms with E-state index >= 15 is 0 Å². The van der Waals surface area contributed by atoms with Crippen molar-refractivity contribution in [2.75, 3.05) is 11.4 Å². The molecule has 3 N–H and O–H groups in total. The molecule has 0 aromatic heterocycles. The Hall–Kier alpha value is -1.71. The molecule has 1 atom stereocenters. The minimum atomic E-state index is 0.176. The number of piperidine rings is 1. The largest absolute Gasteiger partial charge is 0.409 e. The van der Waals surface area contributed by atoms with Crippen LogP contribution in [0.4, 0.5) is 5.69 Å². The minimum Gasteiger partial charge on any atom is -0.409 e. The van der Waals surface area contributed by atoms with Crippen LogP contribution in [0.2, 0.25) is 0 Å². The molecule has 1 aliphatic heterocycles. The van der Waals surface area contributed by atoms with Gasteiger partial charge in [-0.3, -0.25) is 0 Å². The van der Waals surface area contributed by atoms with E-state index in [1.54, 1.807) is 0 Å². The van der Waals surface area contributed by atoms with Crippen LogP contribution in [0.1, 0.15) is 43.7 Å². The Bertz CT molecular complexity index is 470. The van der Waals surface area contributed by atoms with Crippen LogP contribution in [0.5, 0.6) is 0 Å². The third-order valence-electron chi connectivity index (χ3n) is 4.02. The van der Waals surface area contributed by atoms with E-state index in [2.05, 4.69) is 29.1 Å². The monoisotopic (exact) mass is 261 g/mol. The predicted octanol–water partition coefficient (Wildman–Crippen LogP) is 2.86. The van der Waals surface area contributed by atoms with Crippen molar-refractivity contribution >= 4 is 11.5 Å². The highest BCUT2D eigenvalue weighted by Crippen LogP contribution is 2.28. The minimum absolute atomic E-state index is 0.176. The van der Waals surface area contributed by atoms with Crippen molar-refractivity contribution < 1.29 is 5.21 Å². The molecule has 1 heterocycles. The van der Waals surface area contributed by atoms with Crippen molar-refractivity contribution in [2.24, 2.45) is 10.9 Å². The summed E-state index contributed by atoms with van der Waals surface area (Å²) in [4.78, 5) is 2.49. The van der Waals surface area contributed by atoms with E-state index in [-0.39, 0.29) is 5.84 Å². The second-order valence-corrected chi connectivity index (χ2v) is 5.24. The van der Waals surface area contributed by atoms with Gasteiger partial charge in [0.15, 0.2) is 5.84 Å².